The minimum Gasteiger partial charge on any atom is -0.486 e. The van der Waals surface area contributed by atoms with Crippen LogP contribution in [-0.2, 0) is 11.2 Å². The van der Waals surface area contributed by atoms with Crippen LogP contribution in [0.15, 0.2) is 48.5 Å². The third-order valence-electron chi connectivity index (χ3n) is 3.79. The zero-order chi connectivity index (χ0) is 16.1. The summed E-state index contributed by atoms with van der Waals surface area (Å²) in [6, 6.07) is 14.9. The maximum atomic E-state index is 11.7. The van der Waals surface area contributed by atoms with Crippen molar-refractivity contribution in [3.8, 4) is 11.5 Å². The molecule has 5 nitrogen and oxygen atoms in total. The Morgan fingerprint density at radius 2 is 1.83 bits per heavy atom. The molecule has 2 aromatic rings. The second-order valence-electron chi connectivity index (χ2n) is 5.43. The molecule has 0 fully saturated rings. The number of nitrogens with two attached hydrogens (primary N) is 1. The average Bonchev–Trinajstić information content (AvgIpc) is 2.59. The molecule has 1 amide bonds. The summed E-state index contributed by atoms with van der Waals surface area (Å²) in [5.41, 5.74) is 7.50. The summed E-state index contributed by atoms with van der Waals surface area (Å²) in [5, 5.41) is 3.22. The molecule has 1 aliphatic heterocycles. The number of primary amides is 1. The molecular weight excluding hydrogens is 292 g/mol. The Morgan fingerprint density at radius 1 is 1.09 bits per heavy atom. The van der Waals surface area contributed by atoms with Crippen LogP contribution in [0.4, 0.5) is 0 Å². The Bertz CT molecular complexity index is 673. The van der Waals surface area contributed by atoms with Crippen molar-refractivity contribution in [2.45, 2.75) is 12.5 Å². The molecule has 0 spiro atoms. The molecule has 1 heterocycles. The van der Waals surface area contributed by atoms with Gasteiger partial charge in [0.15, 0.2) is 11.5 Å². The molecule has 0 saturated carbocycles. The zero-order valence-corrected chi connectivity index (χ0v) is 12.8. The van der Waals surface area contributed by atoms with Crippen LogP contribution in [0.3, 0.4) is 0 Å². The van der Waals surface area contributed by atoms with E-state index in [9.17, 15) is 4.79 Å². The predicted molar refractivity (Wildman–Crippen MR) is 87.5 cm³/mol. The fraction of sp³-hybridized carbons (Fsp3) is 0.278. The number of rotatable bonds is 6. The Morgan fingerprint density at radius 3 is 2.57 bits per heavy atom. The van der Waals surface area contributed by atoms with Gasteiger partial charge in [0.25, 0.3) is 0 Å². The van der Waals surface area contributed by atoms with Crippen molar-refractivity contribution in [3.05, 3.63) is 59.7 Å². The number of ether oxygens (including phenoxy) is 2. The zero-order valence-electron chi connectivity index (χ0n) is 12.8. The standard InChI is InChI=1S/C18H20N2O3/c19-18(21)17(14-4-2-1-3-5-14)20-9-8-13-6-7-15-16(12-13)23-11-10-22-15/h1-7,12,17,20H,8-11H2,(H2,19,21)/t17-/m1/s1. The van der Waals surface area contributed by atoms with Gasteiger partial charge in [0.2, 0.25) is 5.91 Å². The largest absolute Gasteiger partial charge is 0.486 e. The van der Waals surface area contributed by atoms with E-state index in [1.807, 2.05) is 48.5 Å². The van der Waals surface area contributed by atoms with Crippen LogP contribution < -0.4 is 20.5 Å². The summed E-state index contributed by atoms with van der Waals surface area (Å²) in [7, 11) is 0. The van der Waals surface area contributed by atoms with Crippen LogP contribution in [-0.4, -0.2) is 25.7 Å². The van der Waals surface area contributed by atoms with E-state index in [4.69, 9.17) is 15.2 Å². The van der Waals surface area contributed by atoms with Gasteiger partial charge in [0.05, 0.1) is 0 Å². The first-order valence-electron chi connectivity index (χ1n) is 7.70. The number of carbonyl (C=O) groups is 1. The number of fused-ring (bicyclic) bond motifs is 1. The van der Waals surface area contributed by atoms with E-state index in [0.29, 0.717) is 19.8 Å². The maximum Gasteiger partial charge on any atom is 0.239 e. The molecule has 3 N–H and O–H groups in total. The lowest BCUT2D eigenvalue weighted by molar-refractivity contribution is -0.120. The Balaban J connectivity index is 1.60. The summed E-state index contributed by atoms with van der Waals surface area (Å²) in [6.07, 6.45) is 0.771. The van der Waals surface area contributed by atoms with Gasteiger partial charge in [0.1, 0.15) is 19.3 Å². The first-order valence-corrected chi connectivity index (χ1v) is 7.70. The van der Waals surface area contributed by atoms with E-state index in [2.05, 4.69) is 5.32 Å². The fourth-order valence-corrected chi connectivity index (χ4v) is 2.63. The van der Waals surface area contributed by atoms with Crippen molar-refractivity contribution in [1.82, 2.24) is 5.32 Å². The number of nitrogens with one attached hydrogen (secondary N) is 1. The predicted octanol–water partition coefficient (Wildman–Crippen LogP) is 1.82. The van der Waals surface area contributed by atoms with E-state index >= 15 is 0 Å². The molecule has 2 aromatic carbocycles. The van der Waals surface area contributed by atoms with Gasteiger partial charge in [-0.1, -0.05) is 36.4 Å². The molecule has 3 rings (SSSR count). The highest BCUT2D eigenvalue weighted by Gasteiger charge is 2.17. The molecule has 0 bridgehead atoms. The quantitative estimate of drug-likeness (QED) is 0.853. The highest BCUT2D eigenvalue weighted by atomic mass is 16.6. The van der Waals surface area contributed by atoms with Crippen molar-refractivity contribution in [1.29, 1.82) is 0 Å². The van der Waals surface area contributed by atoms with Crippen LogP contribution in [0, 0.1) is 0 Å². The minimum atomic E-state index is -0.478. The van der Waals surface area contributed by atoms with E-state index < -0.39 is 6.04 Å². The molecule has 1 atom stereocenters. The van der Waals surface area contributed by atoms with Gasteiger partial charge in [-0.05, 0) is 29.7 Å². The van der Waals surface area contributed by atoms with Crippen molar-refractivity contribution < 1.29 is 14.3 Å². The fourth-order valence-electron chi connectivity index (χ4n) is 2.63. The van der Waals surface area contributed by atoms with Gasteiger partial charge in [-0.15, -0.1) is 0 Å². The van der Waals surface area contributed by atoms with Crippen molar-refractivity contribution >= 4 is 5.91 Å². The van der Waals surface area contributed by atoms with E-state index in [-0.39, 0.29) is 5.91 Å². The molecule has 120 valence electrons. The number of carbonyl (C=O) groups excluding carboxylic acids is 1. The number of hydrogen-bond donors (Lipinski definition) is 2. The Kier molecular flexibility index (Phi) is 4.78. The number of hydrogen-bond acceptors (Lipinski definition) is 4. The van der Waals surface area contributed by atoms with E-state index in [1.54, 1.807) is 0 Å². The van der Waals surface area contributed by atoms with Gasteiger partial charge in [0, 0.05) is 6.54 Å². The lowest BCUT2D eigenvalue weighted by Gasteiger charge is -2.19. The molecule has 1 aliphatic rings. The summed E-state index contributed by atoms with van der Waals surface area (Å²) in [4.78, 5) is 11.7. The van der Waals surface area contributed by atoms with Gasteiger partial charge < -0.3 is 20.5 Å². The van der Waals surface area contributed by atoms with Crippen LogP contribution in [0.5, 0.6) is 11.5 Å². The lowest BCUT2D eigenvalue weighted by atomic mass is 10.1. The second-order valence-corrected chi connectivity index (χ2v) is 5.43. The first-order chi connectivity index (χ1) is 11.2. The second kappa shape index (κ2) is 7.15. The summed E-state index contributed by atoms with van der Waals surface area (Å²) in [5.74, 6) is 1.19. The first kappa shape index (κ1) is 15.4. The SMILES string of the molecule is NC(=O)[C@H](NCCc1ccc2c(c1)OCCO2)c1ccccc1. The third-order valence-corrected chi connectivity index (χ3v) is 3.79. The van der Waals surface area contributed by atoms with E-state index in [1.165, 1.54) is 0 Å². The number of benzene rings is 2. The van der Waals surface area contributed by atoms with Crippen LogP contribution in [0.1, 0.15) is 17.2 Å². The molecule has 0 radical (unpaired) electrons. The smallest absolute Gasteiger partial charge is 0.239 e. The molecule has 5 heteroatoms. The summed E-state index contributed by atoms with van der Waals surface area (Å²) in [6.45, 7) is 1.81. The molecule has 0 saturated heterocycles. The van der Waals surface area contributed by atoms with Gasteiger partial charge in [-0.3, -0.25) is 4.79 Å². The Labute approximate surface area is 135 Å². The highest BCUT2D eigenvalue weighted by Crippen LogP contribution is 2.30. The van der Waals surface area contributed by atoms with Crippen molar-refractivity contribution in [2.75, 3.05) is 19.8 Å². The van der Waals surface area contributed by atoms with Crippen LogP contribution in [0.25, 0.3) is 0 Å². The normalized spacial score (nSPS) is 14.3. The third kappa shape index (κ3) is 3.81. The van der Waals surface area contributed by atoms with Gasteiger partial charge >= 0.3 is 0 Å². The van der Waals surface area contributed by atoms with Crippen LogP contribution >= 0.6 is 0 Å². The number of amides is 1. The average molecular weight is 312 g/mol. The van der Waals surface area contributed by atoms with Crippen molar-refractivity contribution in [2.24, 2.45) is 5.73 Å². The summed E-state index contributed by atoms with van der Waals surface area (Å²) >= 11 is 0. The molecule has 23 heavy (non-hydrogen) atoms. The minimum absolute atomic E-state index is 0.377. The van der Waals surface area contributed by atoms with Gasteiger partial charge in [-0.2, -0.15) is 0 Å². The van der Waals surface area contributed by atoms with E-state index in [0.717, 1.165) is 29.0 Å². The topological polar surface area (TPSA) is 73.6 Å². The summed E-state index contributed by atoms with van der Waals surface area (Å²) < 4.78 is 11.1. The lowest BCUT2D eigenvalue weighted by Crippen LogP contribution is -2.34. The van der Waals surface area contributed by atoms with Crippen molar-refractivity contribution in [3.63, 3.8) is 0 Å². The van der Waals surface area contributed by atoms with Gasteiger partial charge in [-0.25, -0.2) is 0 Å². The van der Waals surface area contributed by atoms with Crippen LogP contribution in [0.2, 0.25) is 0 Å². The monoisotopic (exact) mass is 312 g/mol. The Hall–Kier alpha value is -2.53. The molecular formula is C18H20N2O3. The molecule has 0 aliphatic carbocycles. The highest BCUT2D eigenvalue weighted by molar-refractivity contribution is 5.81. The molecule has 0 unspecified atom stereocenters. The molecule has 0 aromatic heterocycles. The maximum absolute atomic E-state index is 11.7.